The Morgan fingerprint density at radius 1 is 1.70 bits per heavy atom. The molecule has 0 spiro atoms. The first kappa shape index (κ1) is 7.51. The number of rotatable bonds is 1. The standard InChI is InChI=1S/C7H8ClNO/c1-5-2-6(8)7(4-10)9-3-5/h2-3,10H,4H2,1H3. The van der Waals surface area contributed by atoms with E-state index >= 15 is 0 Å². The second kappa shape index (κ2) is 2.99. The van der Waals surface area contributed by atoms with E-state index in [-0.39, 0.29) is 6.61 Å². The van der Waals surface area contributed by atoms with Gasteiger partial charge in [0.15, 0.2) is 0 Å². The summed E-state index contributed by atoms with van der Waals surface area (Å²) in [6.07, 6.45) is 1.68. The molecule has 1 heterocycles. The van der Waals surface area contributed by atoms with Crippen molar-refractivity contribution in [1.82, 2.24) is 4.98 Å². The SMILES string of the molecule is Cc1cnc(CO)c(Cl)c1. The van der Waals surface area contributed by atoms with E-state index in [1.54, 1.807) is 12.3 Å². The van der Waals surface area contributed by atoms with Gasteiger partial charge in [0, 0.05) is 6.20 Å². The highest BCUT2D eigenvalue weighted by Crippen LogP contribution is 2.13. The molecule has 0 fully saturated rings. The van der Waals surface area contributed by atoms with Crippen LogP contribution in [-0.2, 0) is 6.61 Å². The van der Waals surface area contributed by atoms with Crippen molar-refractivity contribution < 1.29 is 5.11 Å². The summed E-state index contributed by atoms with van der Waals surface area (Å²) in [6, 6.07) is 1.78. The monoisotopic (exact) mass is 157 g/mol. The molecule has 0 unspecified atom stereocenters. The van der Waals surface area contributed by atoms with Gasteiger partial charge >= 0.3 is 0 Å². The number of aromatic nitrogens is 1. The summed E-state index contributed by atoms with van der Waals surface area (Å²) < 4.78 is 0. The van der Waals surface area contributed by atoms with E-state index in [0.29, 0.717) is 10.7 Å². The predicted molar refractivity (Wildman–Crippen MR) is 39.9 cm³/mol. The number of pyridine rings is 1. The number of aryl methyl sites for hydroxylation is 1. The van der Waals surface area contributed by atoms with E-state index < -0.39 is 0 Å². The molecule has 1 aromatic heterocycles. The van der Waals surface area contributed by atoms with E-state index in [1.165, 1.54) is 0 Å². The second-order valence-corrected chi connectivity index (χ2v) is 2.51. The Labute approximate surface area is 64.5 Å². The second-order valence-electron chi connectivity index (χ2n) is 2.10. The molecule has 0 aliphatic rings. The lowest BCUT2D eigenvalue weighted by Gasteiger charge is -1.98. The molecule has 0 saturated carbocycles. The lowest BCUT2D eigenvalue weighted by molar-refractivity contribution is 0.277. The predicted octanol–water partition coefficient (Wildman–Crippen LogP) is 1.54. The zero-order valence-corrected chi connectivity index (χ0v) is 6.39. The van der Waals surface area contributed by atoms with Crippen LogP contribution in [-0.4, -0.2) is 10.1 Å². The molecule has 0 bridgehead atoms. The maximum Gasteiger partial charge on any atom is 0.0868 e. The highest BCUT2D eigenvalue weighted by atomic mass is 35.5. The van der Waals surface area contributed by atoms with Crippen LogP contribution in [0.5, 0.6) is 0 Å². The number of hydrogen-bond acceptors (Lipinski definition) is 2. The van der Waals surface area contributed by atoms with Gasteiger partial charge in [-0.3, -0.25) is 4.98 Å². The number of hydrogen-bond donors (Lipinski definition) is 1. The van der Waals surface area contributed by atoms with Crippen molar-refractivity contribution in [3.63, 3.8) is 0 Å². The van der Waals surface area contributed by atoms with E-state index in [0.717, 1.165) is 5.56 Å². The summed E-state index contributed by atoms with van der Waals surface area (Å²) in [5.74, 6) is 0. The molecule has 0 amide bonds. The minimum atomic E-state index is -0.0981. The fraction of sp³-hybridized carbons (Fsp3) is 0.286. The minimum Gasteiger partial charge on any atom is -0.390 e. The van der Waals surface area contributed by atoms with E-state index in [4.69, 9.17) is 16.7 Å². The van der Waals surface area contributed by atoms with Crippen molar-refractivity contribution in [2.45, 2.75) is 13.5 Å². The molecule has 0 aliphatic carbocycles. The Morgan fingerprint density at radius 3 is 2.90 bits per heavy atom. The molecular weight excluding hydrogens is 150 g/mol. The molecule has 54 valence electrons. The van der Waals surface area contributed by atoms with Crippen LogP contribution in [0.2, 0.25) is 5.02 Å². The first-order valence-corrected chi connectivity index (χ1v) is 3.33. The first-order chi connectivity index (χ1) is 4.74. The Hall–Kier alpha value is -0.600. The third-order valence-electron chi connectivity index (χ3n) is 1.20. The first-order valence-electron chi connectivity index (χ1n) is 2.96. The zero-order valence-electron chi connectivity index (χ0n) is 5.63. The van der Waals surface area contributed by atoms with Crippen molar-refractivity contribution in [2.75, 3.05) is 0 Å². The molecule has 1 aromatic rings. The van der Waals surface area contributed by atoms with Gasteiger partial charge in [-0.2, -0.15) is 0 Å². The van der Waals surface area contributed by atoms with Crippen LogP contribution in [0.4, 0.5) is 0 Å². The number of halogens is 1. The van der Waals surface area contributed by atoms with Crippen molar-refractivity contribution in [2.24, 2.45) is 0 Å². The molecule has 0 radical (unpaired) electrons. The summed E-state index contributed by atoms with van der Waals surface area (Å²) in [5, 5.41) is 9.19. The van der Waals surface area contributed by atoms with Gasteiger partial charge in [-0.1, -0.05) is 11.6 Å². The lowest BCUT2D eigenvalue weighted by atomic mass is 10.3. The van der Waals surface area contributed by atoms with Crippen LogP contribution in [0.1, 0.15) is 11.3 Å². The van der Waals surface area contributed by atoms with Crippen LogP contribution >= 0.6 is 11.6 Å². The van der Waals surface area contributed by atoms with Crippen LogP contribution in [0.3, 0.4) is 0 Å². The Bertz CT molecular complexity index is 237. The van der Waals surface area contributed by atoms with Gasteiger partial charge in [0.05, 0.1) is 17.3 Å². The summed E-state index contributed by atoms with van der Waals surface area (Å²) in [7, 11) is 0. The van der Waals surface area contributed by atoms with Gasteiger partial charge in [0.2, 0.25) is 0 Å². The molecule has 10 heavy (non-hydrogen) atoms. The largest absolute Gasteiger partial charge is 0.390 e. The summed E-state index contributed by atoms with van der Waals surface area (Å²) in [5.41, 5.74) is 1.54. The van der Waals surface area contributed by atoms with Crippen molar-refractivity contribution in [3.8, 4) is 0 Å². The van der Waals surface area contributed by atoms with Crippen molar-refractivity contribution in [1.29, 1.82) is 0 Å². The van der Waals surface area contributed by atoms with Gasteiger partial charge in [0.25, 0.3) is 0 Å². The highest BCUT2D eigenvalue weighted by molar-refractivity contribution is 6.31. The van der Waals surface area contributed by atoms with E-state index in [2.05, 4.69) is 4.98 Å². The fourth-order valence-electron chi connectivity index (χ4n) is 0.678. The molecule has 0 aromatic carbocycles. The highest BCUT2D eigenvalue weighted by Gasteiger charge is 1.98. The summed E-state index contributed by atoms with van der Waals surface area (Å²) >= 11 is 5.71. The smallest absolute Gasteiger partial charge is 0.0868 e. The quantitative estimate of drug-likeness (QED) is 0.671. The third kappa shape index (κ3) is 1.46. The summed E-state index contributed by atoms with van der Waals surface area (Å²) in [6.45, 7) is 1.80. The van der Waals surface area contributed by atoms with Gasteiger partial charge < -0.3 is 5.11 Å². The van der Waals surface area contributed by atoms with E-state index in [1.807, 2.05) is 6.92 Å². The maximum atomic E-state index is 8.66. The molecule has 3 heteroatoms. The molecule has 1 rings (SSSR count). The van der Waals surface area contributed by atoms with Gasteiger partial charge in [-0.05, 0) is 18.6 Å². The van der Waals surface area contributed by atoms with Gasteiger partial charge in [-0.15, -0.1) is 0 Å². The third-order valence-corrected chi connectivity index (χ3v) is 1.53. The fourth-order valence-corrected chi connectivity index (χ4v) is 0.959. The normalized spacial score (nSPS) is 9.90. The molecule has 0 aliphatic heterocycles. The average Bonchev–Trinajstić information content (AvgIpc) is 1.88. The average molecular weight is 158 g/mol. The van der Waals surface area contributed by atoms with E-state index in [9.17, 15) is 0 Å². The van der Waals surface area contributed by atoms with Crippen LogP contribution in [0.15, 0.2) is 12.3 Å². The number of aliphatic hydroxyl groups is 1. The van der Waals surface area contributed by atoms with Crippen LogP contribution in [0, 0.1) is 6.92 Å². The van der Waals surface area contributed by atoms with Gasteiger partial charge in [0.1, 0.15) is 0 Å². The topological polar surface area (TPSA) is 33.1 Å². The number of nitrogens with zero attached hydrogens (tertiary/aromatic N) is 1. The van der Waals surface area contributed by atoms with Crippen molar-refractivity contribution in [3.05, 3.63) is 28.5 Å². The van der Waals surface area contributed by atoms with Crippen molar-refractivity contribution >= 4 is 11.6 Å². The van der Waals surface area contributed by atoms with Crippen LogP contribution < -0.4 is 0 Å². The number of aliphatic hydroxyl groups excluding tert-OH is 1. The molecular formula is C7H8ClNO. The Morgan fingerprint density at radius 2 is 2.40 bits per heavy atom. The Balaban J connectivity index is 3.07. The maximum absolute atomic E-state index is 8.66. The Kier molecular flexibility index (Phi) is 2.25. The molecule has 0 atom stereocenters. The molecule has 1 N–H and O–H groups in total. The van der Waals surface area contributed by atoms with Gasteiger partial charge in [-0.25, -0.2) is 0 Å². The summed E-state index contributed by atoms with van der Waals surface area (Å²) in [4.78, 5) is 3.91. The molecule has 0 saturated heterocycles. The lowest BCUT2D eigenvalue weighted by Crippen LogP contribution is -1.90. The van der Waals surface area contributed by atoms with Crippen LogP contribution in [0.25, 0.3) is 0 Å². The minimum absolute atomic E-state index is 0.0981. The molecule has 2 nitrogen and oxygen atoms in total. The zero-order chi connectivity index (χ0) is 7.56.